The number of halogens is 3. The van der Waals surface area contributed by atoms with Crippen LogP contribution in [0.25, 0.3) is 0 Å². The summed E-state index contributed by atoms with van der Waals surface area (Å²) in [5.41, 5.74) is 0.901. The van der Waals surface area contributed by atoms with Crippen molar-refractivity contribution in [3.8, 4) is 5.75 Å². The van der Waals surface area contributed by atoms with Crippen LogP contribution in [0.3, 0.4) is 0 Å². The van der Waals surface area contributed by atoms with Crippen LogP contribution in [-0.4, -0.2) is 17.6 Å². The second-order valence-electron chi connectivity index (χ2n) is 5.03. The quantitative estimate of drug-likeness (QED) is 0.494. The van der Waals surface area contributed by atoms with Crippen molar-refractivity contribution in [1.29, 1.82) is 0 Å². The van der Waals surface area contributed by atoms with E-state index in [1.54, 1.807) is 24.3 Å². The molecule has 0 aliphatic heterocycles. The first-order valence-electron chi connectivity index (χ1n) is 7.40. The van der Waals surface area contributed by atoms with E-state index < -0.39 is 0 Å². The van der Waals surface area contributed by atoms with Crippen LogP contribution in [0.5, 0.6) is 5.75 Å². The van der Waals surface area contributed by atoms with Crippen LogP contribution in [0.4, 0.5) is 5.69 Å². The second-order valence-corrected chi connectivity index (χ2v) is 6.66. The number of carbonyl (C=O) groups is 1. The lowest BCUT2D eigenvalue weighted by Crippen LogP contribution is -2.34. The van der Waals surface area contributed by atoms with Gasteiger partial charge in [-0.1, -0.05) is 41.7 Å². The summed E-state index contributed by atoms with van der Waals surface area (Å²) < 4.78 is 5.48. The maximum Gasteiger partial charge on any atom is 0.257 e. The summed E-state index contributed by atoms with van der Waals surface area (Å²) in [6, 6.07) is 9.82. The van der Waals surface area contributed by atoms with Crippen LogP contribution < -0.4 is 15.4 Å². The van der Waals surface area contributed by atoms with Gasteiger partial charge in [0.2, 0.25) is 0 Å². The van der Waals surface area contributed by atoms with Gasteiger partial charge in [-0.3, -0.25) is 10.1 Å². The summed E-state index contributed by atoms with van der Waals surface area (Å²) in [6.45, 7) is 2.65. The first-order chi connectivity index (χ1) is 11.9. The minimum Gasteiger partial charge on any atom is -0.494 e. The molecule has 2 rings (SSSR count). The summed E-state index contributed by atoms with van der Waals surface area (Å²) in [5.74, 6) is 0.359. The Morgan fingerprint density at radius 3 is 2.36 bits per heavy atom. The molecule has 0 saturated carbocycles. The van der Waals surface area contributed by atoms with E-state index in [2.05, 4.69) is 10.6 Å². The smallest absolute Gasteiger partial charge is 0.257 e. The first kappa shape index (κ1) is 19.8. The number of hydrogen-bond donors (Lipinski definition) is 2. The van der Waals surface area contributed by atoms with Crippen molar-refractivity contribution in [2.75, 3.05) is 11.9 Å². The molecule has 1 amide bonds. The first-order valence-corrected chi connectivity index (χ1v) is 8.94. The molecule has 0 unspecified atom stereocenters. The molecule has 0 aliphatic carbocycles. The van der Waals surface area contributed by atoms with E-state index in [4.69, 9.17) is 51.8 Å². The summed E-state index contributed by atoms with van der Waals surface area (Å²) in [7, 11) is 0. The topological polar surface area (TPSA) is 50.4 Å². The molecule has 25 heavy (non-hydrogen) atoms. The van der Waals surface area contributed by atoms with Crippen molar-refractivity contribution < 1.29 is 9.53 Å². The standard InChI is InChI=1S/C17H15Cl3N2O2S/c1-2-7-24-11-5-3-10(4-6-11)16(23)22-17(25)21-15-9-13(19)12(18)8-14(15)20/h3-6,8-9H,2,7H2,1H3,(H2,21,22,23,25). The van der Waals surface area contributed by atoms with Gasteiger partial charge < -0.3 is 10.1 Å². The fourth-order valence-electron chi connectivity index (χ4n) is 1.87. The Kier molecular flexibility index (Phi) is 7.32. The SMILES string of the molecule is CCCOc1ccc(C(=O)NC(=S)Nc2cc(Cl)c(Cl)cc2Cl)cc1. The molecule has 0 spiro atoms. The Morgan fingerprint density at radius 2 is 1.72 bits per heavy atom. The van der Waals surface area contributed by atoms with E-state index in [9.17, 15) is 4.79 Å². The van der Waals surface area contributed by atoms with Crippen molar-refractivity contribution in [3.05, 3.63) is 57.0 Å². The van der Waals surface area contributed by atoms with Crippen LogP contribution in [0.15, 0.2) is 36.4 Å². The monoisotopic (exact) mass is 416 g/mol. The number of nitrogens with one attached hydrogen (secondary N) is 2. The summed E-state index contributed by atoms with van der Waals surface area (Å²) in [4.78, 5) is 12.2. The zero-order valence-corrected chi connectivity index (χ0v) is 16.3. The number of benzene rings is 2. The number of anilines is 1. The van der Waals surface area contributed by atoms with Crippen LogP contribution in [0.2, 0.25) is 15.1 Å². The zero-order valence-electron chi connectivity index (χ0n) is 13.2. The molecule has 2 aromatic rings. The van der Waals surface area contributed by atoms with Gasteiger partial charge in [0, 0.05) is 5.56 Å². The van der Waals surface area contributed by atoms with Crippen LogP contribution in [0, 0.1) is 0 Å². The number of thiocarbonyl (C=S) groups is 1. The van der Waals surface area contributed by atoms with E-state index in [1.807, 2.05) is 6.92 Å². The van der Waals surface area contributed by atoms with Crippen molar-refractivity contribution >= 4 is 63.7 Å². The Bertz CT molecular complexity index is 782. The Morgan fingerprint density at radius 1 is 1.08 bits per heavy atom. The molecule has 0 radical (unpaired) electrons. The van der Waals surface area contributed by atoms with Gasteiger partial charge >= 0.3 is 0 Å². The minimum absolute atomic E-state index is 0.0941. The lowest BCUT2D eigenvalue weighted by atomic mass is 10.2. The van der Waals surface area contributed by atoms with Crippen molar-refractivity contribution in [2.45, 2.75) is 13.3 Å². The van der Waals surface area contributed by atoms with Crippen molar-refractivity contribution in [2.24, 2.45) is 0 Å². The number of rotatable bonds is 5. The van der Waals surface area contributed by atoms with E-state index in [1.165, 1.54) is 12.1 Å². The summed E-state index contributed by atoms with van der Waals surface area (Å²) in [6.07, 6.45) is 0.916. The van der Waals surface area contributed by atoms with E-state index in [0.717, 1.165) is 6.42 Å². The van der Waals surface area contributed by atoms with E-state index in [0.29, 0.717) is 38.7 Å². The average molecular weight is 418 g/mol. The molecule has 2 N–H and O–H groups in total. The summed E-state index contributed by atoms with van der Waals surface area (Å²) >= 11 is 23.0. The molecule has 0 aromatic heterocycles. The molecule has 0 bridgehead atoms. The highest BCUT2D eigenvalue weighted by molar-refractivity contribution is 7.80. The van der Waals surface area contributed by atoms with Crippen LogP contribution in [0.1, 0.15) is 23.7 Å². The van der Waals surface area contributed by atoms with Gasteiger partial charge in [-0.25, -0.2) is 0 Å². The predicted octanol–water partition coefficient (Wildman–Crippen LogP) is 5.56. The Hall–Kier alpha value is -1.53. The van der Waals surface area contributed by atoms with Gasteiger partial charge in [0.05, 0.1) is 27.4 Å². The third kappa shape index (κ3) is 5.75. The Balaban J connectivity index is 1.98. The number of hydrogen-bond acceptors (Lipinski definition) is 3. The molecular weight excluding hydrogens is 403 g/mol. The largest absolute Gasteiger partial charge is 0.494 e. The molecule has 0 fully saturated rings. The van der Waals surface area contributed by atoms with Gasteiger partial charge in [0.25, 0.3) is 5.91 Å². The highest BCUT2D eigenvalue weighted by Crippen LogP contribution is 2.32. The molecule has 8 heteroatoms. The fraction of sp³-hybridized carbons (Fsp3) is 0.176. The van der Waals surface area contributed by atoms with E-state index in [-0.39, 0.29) is 11.0 Å². The number of amides is 1. The second kappa shape index (κ2) is 9.25. The van der Waals surface area contributed by atoms with Crippen molar-refractivity contribution in [1.82, 2.24) is 5.32 Å². The molecule has 0 heterocycles. The molecule has 0 atom stereocenters. The van der Waals surface area contributed by atoms with Crippen LogP contribution in [-0.2, 0) is 0 Å². The van der Waals surface area contributed by atoms with Gasteiger partial charge in [0.15, 0.2) is 5.11 Å². The predicted molar refractivity (Wildman–Crippen MR) is 107 cm³/mol. The lowest BCUT2D eigenvalue weighted by molar-refractivity contribution is 0.0977. The number of ether oxygens (including phenoxy) is 1. The van der Waals surface area contributed by atoms with Gasteiger partial charge in [-0.15, -0.1) is 0 Å². The normalized spacial score (nSPS) is 10.2. The fourth-order valence-corrected chi connectivity index (χ4v) is 2.67. The van der Waals surface area contributed by atoms with E-state index >= 15 is 0 Å². The molecule has 132 valence electrons. The van der Waals surface area contributed by atoms with Gasteiger partial charge in [0.1, 0.15) is 5.75 Å². The van der Waals surface area contributed by atoms with Gasteiger partial charge in [-0.2, -0.15) is 0 Å². The maximum atomic E-state index is 12.2. The molecule has 4 nitrogen and oxygen atoms in total. The van der Waals surface area contributed by atoms with Crippen molar-refractivity contribution in [3.63, 3.8) is 0 Å². The highest BCUT2D eigenvalue weighted by Gasteiger charge is 2.11. The maximum absolute atomic E-state index is 12.2. The lowest BCUT2D eigenvalue weighted by Gasteiger charge is -2.12. The third-order valence-corrected chi connectivity index (χ3v) is 4.31. The zero-order chi connectivity index (χ0) is 18.4. The molecule has 0 saturated heterocycles. The summed E-state index contributed by atoms with van der Waals surface area (Å²) in [5, 5.41) is 6.48. The highest BCUT2D eigenvalue weighted by atomic mass is 35.5. The number of carbonyl (C=O) groups excluding carboxylic acids is 1. The third-order valence-electron chi connectivity index (χ3n) is 3.07. The minimum atomic E-state index is -0.351. The molecule has 0 aliphatic rings. The average Bonchev–Trinajstić information content (AvgIpc) is 2.58. The Labute approximate surface area is 166 Å². The van der Waals surface area contributed by atoms with Crippen LogP contribution >= 0.6 is 47.0 Å². The molecule has 2 aromatic carbocycles. The molecular formula is C17H15Cl3N2O2S. The van der Waals surface area contributed by atoms with Gasteiger partial charge in [-0.05, 0) is 55.0 Å².